The van der Waals surface area contributed by atoms with Crippen LogP contribution in [0.15, 0.2) is 36.7 Å². The van der Waals surface area contributed by atoms with Gasteiger partial charge >= 0.3 is 0 Å². The molecule has 2 rings (SSSR count). The third-order valence-electron chi connectivity index (χ3n) is 3.25. The van der Waals surface area contributed by atoms with Gasteiger partial charge in [0.1, 0.15) is 18.2 Å². The van der Waals surface area contributed by atoms with Crippen LogP contribution >= 0.6 is 0 Å². The predicted octanol–water partition coefficient (Wildman–Crippen LogP) is 1.94. The van der Waals surface area contributed by atoms with Crippen LogP contribution in [-0.4, -0.2) is 35.8 Å². The Bertz CT molecular complexity index is 625. The molecule has 0 spiro atoms. The van der Waals surface area contributed by atoms with Gasteiger partial charge in [-0.3, -0.25) is 4.79 Å². The van der Waals surface area contributed by atoms with Crippen molar-refractivity contribution < 1.29 is 14.3 Å². The Morgan fingerprint density at radius 2 is 2.23 bits per heavy atom. The Balaban J connectivity index is 2.00. The number of benzene rings is 1. The first-order chi connectivity index (χ1) is 10.6. The highest BCUT2D eigenvalue weighted by atomic mass is 16.5. The van der Waals surface area contributed by atoms with E-state index in [1.807, 2.05) is 30.8 Å². The molecule has 0 aliphatic rings. The molecule has 1 atom stereocenters. The summed E-state index contributed by atoms with van der Waals surface area (Å²) in [6.45, 7) is 2.86. The molecule has 1 unspecified atom stereocenters. The molecule has 1 aromatic heterocycles. The van der Waals surface area contributed by atoms with E-state index in [0.29, 0.717) is 24.5 Å². The first-order valence-corrected chi connectivity index (χ1v) is 7.11. The van der Waals surface area contributed by atoms with E-state index in [9.17, 15) is 4.79 Å². The second kappa shape index (κ2) is 7.61. The molecule has 2 aromatic rings. The number of carbonyl (C=O) groups is 1. The van der Waals surface area contributed by atoms with E-state index in [1.54, 1.807) is 31.5 Å². The Morgan fingerprint density at radius 1 is 1.41 bits per heavy atom. The Labute approximate surface area is 130 Å². The molecular formula is C16H21N3O3. The molecule has 1 aromatic carbocycles. The second-order valence-corrected chi connectivity index (χ2v) is 4.96. The zero-order valence-corrected chi connectivity index (χ0v) is 13.1. The van der Waals surface area contributed by atoms with Gasteiger partial charge in [-0.15, -0.1) is 0 Å². The van der Waals surface area contributed by atoms with Crippen LogP contribution < -0.4 is 10.1 Å². The molecule has 0 saturated carbocycles. The summed E-state index contributed by atoms with van der Waals surface area (Å²) in [6.07, 6.45) is 3.56. The van der Waals surface area contributed by atoms with Crippen molar-refractivity contribution in [2.24, 2.45) is 7.05 Å². The number of hydrogen-bond donors (Lipinski definition) is 1. The highest BCUT2D eigenvalue weighted by Gasteiger charge is 2.15. The normalized spacial score (nSPS) is 12.0. The predicted molar refractivity (Wildman–Crippen MR) is 82.9 cm³/mol. The molecule has 0 fully saturated rings. The zero-order chi connectivity index (χ0) is 15.9. The number of hydrogen-bond acceptors (Lipinski definition) is 4. The lowest BCUT2D eigenvalue weighted by Crippen LogP contribution is -2.28. The summed E-state index contributed by atoms with van der Waals surface area (Å²) in [5.74, 6) is 1.29. The molecule has 6 heteroatoms. The topological polar surface area (TPSA) is 65.4 Å². The highest BCUT2D eigenvalue weighted by Crippen LogP contribution is 2.15. The quantitative estimate of drug-likeness (QED) is 0.794. The van der Waals surface area contributed by atoms with Crippen molar-refractivity contribution in [2.45, 2.75) is 13.0 Å². The number of rotatable bonds is 7. The SMILES string of the molecule is COCCOc1cccc(C(=O)NC(C)c2nccn2C)c1. The van der Waals surface area contributed by atoms with Crippen LogP contribution in [0.3, 0.4) is 0 Å². The van der Waals surface area contributed by atoms with Gasteiger partial charge in [0.2, 0.25) is 0 Å². The van der Waals surface area contributed by atoms with Crippen molar-refractivity contribution in [1.82, 2.24) is 14.9 Å². The molecule has 0 aliphatic heterocycles. The van der Waals surface area contributed by atoms with Crippen molar-refractivity contribution in [3.63, 3.8) is 0 Å². The molecule has 0 aliphatic carbocycles. The van der Waals surface area contributed by atoms with Crippen LogP contribution in [0.2, 0.25) is 0 Å². The van der Waals surface area contributed by atoms with E-state index in [2.05, 4.69) is 10.3 Å². The Hall–Kier alpha value is -2.34. The zero-order valence-electron chi connectivity index (χ0n) is 13.1. The molecule has 22 heavy (non-hydrogen) atoms. The van der Waals surface area contributed by atoms with E-state index >= 15 is 0 Å². The lowest BCUT2D eigenvalue weighted by molar-refractivity contribution is 0.0937. The molecule has 0 bridgehead atoms. The maximum atomic E-state index is 12.3. The minimum Gasteiger partial charge on any atom is -0.491 e. The number of aryl methyl sites for hydroxylation is 1. The standard InChI is InChI=1S/C16H21N3O3/c1-12(15-17-7-8-19(15)2)18-16(20)13-5-4-6-14(11-13)22-10-9-21-3/h4-8,11-12H,9-10H2,1-3H3,(H,18,20). The van der Waals surface area contributed by atoms with Gasteiger partial charge in [0.05, 0.1) is 12.6 Å². The lowest BCUT2D eigenvalue weighted by atomic mass is 10.2. The summed E-state index contributed by atoms with van der Waals surface area (Å²) in [7, 11) is 3.52. The van der Waals surface area contributed by atoms with E-state index in [-0.39, 0.29) is 11.9 Å². The van der Waals surface area contributed by atoms with Gasteiger partial charge in [0.15, 0.2) is 0 Å². The molecular weight excluding hydrogens is 282 g/mol. The maximum Gasteiger partial charge on any atom is 0.251 e. The van der Waals surface area contributed by atoms with Gasteiger partial charge in [-0.1, -0.05) is 6.07 Å². The van der Waals surface area contributed by atoms with Crippen LogP contribution in [0.4, 0.5) is 0 Å². The number of nitrogens with zero attached hydrogens (tertiary/aromatic N) is 2. The van der Waals surface area contributed by atoms with Crippen molar-refractivity contribution in [2.75, 3.05) is 20.3 Å². The summed E-state index contributed by atoms with van der Waals surface area (Å²) in [6, 6.07) is 6.90. The number of imidazole rings is 1. The fourth-order valence-electron chi connectivity index (χ4n) is 2.11. The summed E-state index contributed by atoms with van der Waals surface area (Å²) >= 11 is 0. The number of ether oxygens (including phenoxy) is 2. The van der Waals surface area contributed by atoms with Gasteiger partial charge in [-0.2, -0.15) is 0 Å². The molecule has 118 valence electrons. The van der Waals surface area contributed by atoms with Crippen LogP contribution in [-0.2, 0) is 11.8 Å². The van der Waals surface area contributed by atoms with Crippen LogP contribution in [0.25, 0.3) is 0 Å². The fraction of sp³-hybridized carbons (Fsp3) is 0.375. The van der Waals surface area contributed by atoms with Gasteiger partial charge < -0.3 is 19.4 Å². The number of methoxy groups -OCH3 is 1. The van der Waals surface area contributed by atoms with Crippen LogP contribution in [0.1, 0.15) is 29.1 Å². The smallest absolute Gasteiger partial charge is 0.251 e. The van der Waals surface area contributed by atoms with Crippen LogP contribution in [0.5, 0.6) is 5.75 Å². The van der Waals surface area contributed by atoms with E-state index < -0.39 is 0 Å². The van der Waals surface area contributed by atoms with E-state index in [0.717, 1.165) is 5.82 Å². The molecule has 1 N–H and O–H groups in total. The average molecular weight is 303 g/mol. The number of nitrogens with one attached hydrogen (secondary N) is 1. The molecule has 6 nitrogen and oxygen atoms in total. The number of amides is 1. The highest BCUT2D eigenvalue weighted by molar-refractivity contribution is 5.94. The minimum atomic E-state index is -0.175. The number of carbonyl (C=O) groups excluding carboxylic acids is 1. The van der Waals surface area contributed by atoms with Crippen molar-refractivity contribution in [3.8, 4) is 5.75 Å². The fourth-order valence-corrected chi connectivity index (χ4v) is 2.11. The third-order valence-corrected chi connectivity index (χ3v) is 3.25. The summed E-state index contributed by atoms with van der Waals surface area (Å²) < 4.78 is 12.3. The van der Waals surface area contributed by atoms with Gasteiger partial charge in [-0.25, -0.2) is 4.98 Å². The Morgan fingerprint density at radius 3 is 2.91 bits per heavy atom. The molecule has 1 heterocycles. The molecule has 0 radical (unpaired) electrons. The third kappa shape index (κ3) is 4.08. The summed E-state index contributed by atoms with van der Waals surface area (Å²) in [5.41, 5.74) is 0.552. The second-order valence-electron chi connectivity index (χ2n) is 4.96. The molecule has 1 amide bonds. The van der Waals surface area contributed by atoms with E-state index in [1.165, 1.54) is 0 Å². The maximum absolute atomic E-state index is 12.3. The van der Waals surface area contributed by atoms with Crippen molar-refractivity contribution in [3.05, 3.63) is 48.0 Å². The first-order valence-electron chi connectivity index (χ1n) is 7.11. The lowest BCUT2D eigenvalue weighted by Gasteiger charge is -2.14. The van der Waals surface area contributed by atoms with Gasteiger partial charge in [0.25, 0.3) is 5.91 Å². The minimum absolute atomic E-state index is 0.160. The Kier molecular flexibility index (Phi) is 5.55. The van der Waals surface area contributed by atoms with Gasteiger partial charge in [-0.05, 0) is 25.1 Å². The summed E-state index contributed by atoms with van der Waals surface area (Å²) in [4.78, 5) is 16.6. The monoisotopic (exact) mass is 303 g/mol. The average Bonchev–Trinajstić information content (AvgIpc) is 2.94. The number of aromatic nitrogens is 2. The largest absolute Gasteiger partial charge is 0.491 e. The van der Waals surface area contributed by atoms with Crippen LogP contribution in [0, 0.1) is 0 Å². The van der Waals surface area contributed by atoms with Crippen molar-refractivity contribution >= 4 is 5.91 Å². The first kappa shape index (κ1) is 16.0. The summed E-state index contributed by atoms with van der Waals surface area (Å²) in [5, 5.41) is 2.93. The van der Waals surface area contributed by atoms with Crippen molar-refractivity contribution in [1.29, 1.82) is 0 Å². The molecule has 0 saturated heterocycles. The van der Waals surface area contributed by atoms with Gasteiger partial charge in [0, 0.05) is 32.1 Å². The van der Waals surface area contributed by atoms with E-state index in [4.69, 9.17) is 9.47 Å².